The largest absolute Gasteiger partial charge is 0.309 e. The summed E-state index contributed by atoms with van der Waals surface area (Å²) in [5, 5.41) is 3.64. The second-order valence-electron chi connectivity index (χ2n) is 5.15. The number of hydrogen-bond donors (Lipinski definition) is 1. The van der Waals surface area contributed by atoms with Crippen molar-refractivity contribution in [2.75, 3.05) is 6.54 Å². The van der Waals surface area contributed by atoms with Crippen LogP contribution < -0.4 is 5.32 Å². The number of aryl methyl sites for hydroxylation is 1. The molecule has 0 saturated carbocycles. The number of benzene rings is 2. The highest BCUT2D eigenvalue weighted by Gasteiger charge is 2.28. The van der Waals surface area contributed by atoms with Crippen LogP contribution in [0.2, 0.25) is 0 Å². The molecule has 0 bridgehead atoms. The fourth-order valence-electron chi connectivity index (χ4n) is 2.89. The molecule has 2 aromatic rings. The van der Waals surface area contributed by atoms with Crippen molar-refractivity contribution in [3.05, 3.63) is 71.3 Å². The Kier molecular flexibility index (Phi) is 3.16. The van der Waals surface area contributed by atoms with Crippen molar-refractivity contribution in [1.29, 1.82) is 0 Å². The monoisotopic (exact) mass is 237 g/mol. The zero-order valence-corrected chi connectivity index (χ0v) is 10.8. The molecule has 2 atom stereocenters. The van der Waals surface area contributed by atoms with Gasteiger partial charge in [-0.05, 0) is 31.0 Å². The lowest BCUT2D eigenvalue weighted by molar-refractivity contribution is 0.578. The van der Waals surface area contributed by atoms with Crippen LogP contribution in [0.4, 0.5) is 0 Å². The molecule has 3 rings (SSSR count). The van der Waals surface area contributed by atoms with E-state index in [2.05, 4.69) is 66.8 Å². The molecule has 0 aliphatic carbocycles. The quantitative estimate of drug-likeness (QED) is 0.837. The first kappa shape index (κ1) is 11.5. The van der Waals surface area contributed by atoms with Crippen molar-refractivity contribution in [1.82, 2.24) is 5.32 Å². The molecule has 1 saturated heterocycles. The maximum Gasteiger partial charge on any atom is 0.0390 e. The molecule has 2 unspecified atom stereocenters. The summed E-state index contributed by atoms with van der Waals surface area (Å²) < 4.78 is 0. The van der Waals surface area contributed by atoms with Gasteiger partial charge in [0.25, 0.3) is 0 Å². The second kappa shape index (κ2) is 4.95. The van der Waals surface area contributed by atoms with E-state index in [0.29, 0.717) is 12.0 Å². The van der Waals surface area contributed by atoms with Gasteiger partial charge >= 0.3 is 0 Å². The van der Waals surface area contributed by atoms with E-state index < -0.39 is 0 Å². The first-order chi connectivity index (χ1) is 8.84. The molecule has 2 aromatic carbocycles. The molecule has 1 aliphatic rings. The van der Waals surface area contributed by atoms with Crippen LogP contribution in [-0.4, -0.2) is 6.54 Å². The van der Waals surface area contributed by atoms with Gasteiger partial charge in [0.15, 0.2) is 0 Å². The average Bonchev–Trinajstić information content (AvgIpc) is 2.90. The molecule has 1 fully saturated rings. The molecule has 0 radical (unpaired) electrons. The van der Waals surface area contributed by atoms with Crippen molar-refractivity contribution in [3.63, 3.8) is 0 Å². The summed E-state index contributed by atoms with van der Waals surface area (Å²) >= 11 is 0. The Morgan fingerprint density at radius 3 is 2.33 bits per heavy atom. The summed E-state index contributed by atoms with van der Waals surface area (Å²) in [6.07, 6.45) is 1.22. The zero-order chi connectivity index (χ0) is 12.4. The van der Waals surface area contributed by atoms with Crippen LogP contribution in [0, 0.1) is 6.92 Å². The molecule has 1 nitrogen and oxygen atoms in total. The van der Waals surface area contributed by atoms with E-state index in [1.165, 1.54) is 23.1 Å². The summed E-state index contributed by atoms with van der Waals surface area (Å²) in [4.78, 5) is 0. The van der Waals surface area contributed by atoms with E-state index in [4.69, 9.17) is 0 Å². The summed E-state index contributed by atoms with van der Waals surface area (Å²) in [5.41, 5.74) is 4.20. The van der Waals surface area contributed by atoms with Crippen LogP contribution in [0.1, 0.15) is 35.1 Å². The normalized spacial score (nSPS) is 23.2. The van der Waals surface area contributed by atoms with Crippen LogP contribution in [0.3, 0.4) is 0 Å². The minimum Gasteiger partial charge on any atom is -0.309 e. The van der Waals surface area contributed by atoms with Gasteiger partial charge in [-0.1, -0.05) is 60.2 Å². The zero-order valence-electron chi connectivity index (χ0n) is 10.8. The predicted octanol–water partition coefficient (Wildman–Crippen LogP) is 3.81. The lowest BCUT2D eigenvalue weighted by Gasteiger charge is -2.20. The summed E-state index contributed by atoms with van der Waals surface area (Å²) in [6, 6.07) is 20.3. The third-order valence-electron chi connectivity index (χ3n) is 3.89. The van der Waals surface area contributed by atoms with Crippen molar-refractivity contribution >= 4 is 0 Å². The third kappa shape index (κ3) is 2.19. The summed E-state index contributed by atoms with van der Waals surface area (Å²) in [7, 11) is 0. The smallest absolute Gasteiger partial charge is 0.0390 e. The van der Waals surface area contributed by atoms with Gasteiger partial charge in [-0.15, -0.1) is 0 Å². The molecular weight excluding hydrogens is 218 g/mol. The van der Waals surface area contributed by atoms with Gasteiger partial charge in [-0.2, -0.15) is 0 Å². The Labute approximate surface area is 109 Å². The first-order valence-corrected chi connectivity index (χ1v) is 6.69. The van der Waals surface area contributed by atoms with E-state index in [-0.39, 0.29) is 0 Å². The SMILES string of the molecule is Cc1ccc(C2CCNC2c2ccccc2)cc1. The van der Waals surface area contributed by atoms with E-state index in [1.54, 1.807) is 0 Å². The lowest BCUT2D eigenvalue weighted by atomic mass is 9.88. The summed E-state index contributed by atoms with van der Waals surface area (Å²) in [5.74, 6) is 0.605. The highest BCUT2D eigenvalue weighted by molar-refractivity contribution is 5.31. The van der Waals surface area contributed by atoms with Gasteiger partial charge in [-0.25, -0.2) is 0 Å². The molecule has 0 spiro atoms. The van der Waals surface area contributed by atoms with Crippen LogP contribution in [0.15, 0.2) is 54.6 Å². The van der Waals surface area contributed by atoms with Gasteiger partial charge in [0.2, 0.25) is 0 Å². The summed E-state index contributed by atoms with van der Waals surface area (Å²) in [6.45, 7) is 3.25. The van der Waals surface area contributed by atoms with Crippen molar-refractivity contribution in [3.8, 4) is 0 Å². The molecule has 1 aliphatic heterocycles. The Morgan fingerprint density at radius 1 is 0.889 bits per heavy atom. The van der Waals surface area contributed by atoms with Crippen LogP contribution in [0.5, 0.6) is 0 Å². The average molecular weight is 237 g/mol. The second-order valence-corrected chi connectivity index (χ2v) is 5.15. The molecule has 18 heavy (non-hydrogen) atoms. The molecule has 1 N–H and O–H groups in total. The van der Waals surface area contributed by atoms with E-state index in [0.717, 1.165) is 6.54 Å². The number of hydrogen-bond acceptors (Lipinski definition) is 1. The van der Waals surface area contributed by atoms with E-state index in [1.807, 2.05) is 0 Å². The Morgan fingerprint density at radius 2 is 1.61 bits per heavy atom. The minimum atomic E-state index is 0.467. The van der Waals surface area contributed by atoms with Crippen molar-refractivity contribution < 1.29 is 0 Å². The Bertz CT molecular complexity index is 501. The highest BCUT2D eigenvalue weighted by Crippen LogP contribution is 2.37. The maximum absolute atomic E-state index is 3.64. The predicted molar refractivity (Wildman–Crippen MR) is 75.7 cm³/mol. The first-order valence-electron chi connectivity index (χ1n) is 6.69. The molecule has 92 valence electrons. The van der Waals surface area contributed by atoms with Gasteiger partial charge in [0.1, 0.15) is 0 Å². The number of nitrogens with one attached hydrogen (secondary N) is 1. The fourth-order valence-corrected chi connectivity index (χ4v) is 2.89. The third-order valence-corrected chi connectivity index (χ3v) is 3.89. The lowest BCUT2D eigenvalue weighted by Crippen LogP contribution is -2.16. The Hall–Kier alpha value is -1.60. The van der Waals surface area contributed by atoms with Gasteiger partial charge in [-0.3, -0.25) is 0 Å². The van der Waals surface area contributed by atoms with Crippen LogP contribution >= 0.6 is 0 Å². The van der Waals surface area contributed by atoms with Gasteiger partial charge in [0.05, 0.1) is 0 Å². The van der Waals surface area contributed by atoms with E-state index >= 15 is 0 Å². The minimum absolute atomic E-state index is 0.467. The molecular formula is C17H19N. The number of rotatable bonds is 2. The maximum atomic E-state index is 3.64. The van der Waals surface area contributed by atoms with Crippen molar-refractivity contribution in [2.24, 2.45) is 0 Å². The molecule has 1 heterocycles. The van der Waals surface area contributed by atoms with Crippen LogP contribution in [-0.2, 0) is 0 Å². The fraction of sp³-hybridized carbons (Fsp3) is 0.294. The van der Waals surface area contributed by atoms with E-state index in [9.17, 15) is 0 Å². The van der Waals surface area contributed by atoms with Crippen molar-refractivity contribution in [2.45, 2.75) is 25.3 Å². The van der Waals surface area contributed by atoms with Gasteiger partial charge < -0.3 is 5.32 Å². The molecule has 1 heteroatoms. The molecule has 0 amide bonds. The van der Waals surface area contributed by atoms with Gasteiger partial charge in [0, 0.05) is 12.0 Å². The topological polar surface area (TPSA) is 12.0 Å². The standard InChI is InChI=1S/C17H19N/c1-13-7-9-14(10-8-13)16-11-12-18-17(16)15-5-3-2-4-6-15/h2-10,16-18H,11-12H2,1H3. The van der Waals surface area contributed by atoms with Crippen LogP contribution in [0.25, 0.3) is 0 Å². The molecule has 0 aromatic heterocycles. The Balaban J connectivity index is 1.90. The highest BCUT2D eigenvalue weighted by atomic mass is 15.0.